The van der Waals surface area contributed by atoms with Crippen LogP contribution in [0.25, 0.3) is 10.9 Å². The van der Waals surface area contributed by atoms with E-state index in [9.17, 15) is 68.4 Å². The fourth-order valence-electron chi connectivity index (χ4n) is 15.8. The van der Waals surface area contributed by atoms with Crippen LogP contribution in [-0.2, 0) is 102 Å². The molecule has 134 heavy (non-hydrogen) atoms. The lowest BCUT2D eigenvalue weighted by atomic mass is 9.83. The topological polar surface area (TPSA) is 521 Å². The molecular weight excluding hydrogens is 1830 g/mol. The van der Waals surface area contributed by atoms with Gasteiger partial charge in [-0.2, -0.15) is 0 Å². The number of likely N-dealkylation sites (N-methyl/N-ethyl adjacent to an activating group) is 1. The number of epoxide rings is 1. The summed E-state index contributed by atoms with van der Waals surface area (Å²) >= 11 is 6.91. The van der Waals surface area contributed by atoms with Crippen molar-refractivity contribution in [2.24, 2.45) is 11.7 Å². The number of phenols is 1. The largest absolute Gasteiger partial charge is 0.508 e. The number of nitrogens with one attached hydrogen (secondary N) is 11. The van der Waals surface area contributed by atoms with Crippen LogP contribution in [0.2, 0.25) is 5.02 Å². The van der Waals surface area contributed by atoms with Gasteiger partial charge in [-0.05, 0) is 146 Å². The minimum atomic E-state index is -1.94. The van der Waals surface area contributed by atoms with E-state index < -0.39 is 202 Å². The third-order valence-corrected chi connectivity index (χ3v) is 30.1. The van der Waals surface area contributed by atoms with Crippen molar-refractivity contribution in [2.45, 2.75) is 253 Å². The lowest BCUT2D eigenvalue weighted by Crippen LogP contribution is -2.63. The Hall–Kier alpha value is -10.1. The molecule has 5 aromatic rings. The number of aromatic hydroxyl groups is 1. The summed E-state index contributed by atoms with van der Waals surface area (Å²) in [5.74, 6) is -10.8. The maximum Gasteiger partial charge on any atom is 0.409 e. The second-order valence-electron chi connectivity index (χ2n) is 35.0. The number of aliphatic hydroxyl groups excluding tert-OH is 2. The Morgan fingerprint density at radius 3 is 2.17 bits per heavy atom. The standard InChI is InChI=1S/C93H127ClN14O22S4/c1-14-23-74(112)98-64(41-56-25-16-15-17-26-56)82(116)102-67-49-132-133-50-68(103-88(122)79(55(6)110)105-81(115)63(29-20-21-37-95)99-84(118)66(45-59-48-97-62-28-19-18-27-61(59)62)101-83(117)65(100-85(67)119)42-57-31-33-60(111)34-32-57)86(120)104-78(54(5)109)87(121)96-38-39-131-134-91(7,8)36-35-75(113)107(10)53(4)89(123)129-73-46-76(114)108(11)69-43-58(44-70(126-12)77(69)94)40-51(2)24-22-30-72(127-13)93(125)47-71(128-90(124)106-93)52(3)80-92(73,9)130-80/h15-19,22,24-28,30-34,43-44,48,52-55,63-68,71-73,78-80,97,109-111,125H,14,20-21,23,29,35-42,45-47,49-50,95H2,1-13H3,(H,96,121)(H,98,112)(H,99,118)(H,100,119)(H,101,117)(H,102,116)(H,103,122)(H,104,120)(H,105,115)(H,106,124)/b30-22+,51-24+/t52-,53+,54-,55-,63+,64-,65+,66-,67+,68+,71+,72-,73+,78+,79+,80?,92+,93+/m1/s1. The number of hydrogen-bond acceptors (Lipinski definition) is 27. The molecule has 1 unspecified atom stereocenters. The van der Waals surface area contributed by atoms with Gasteiger partial charge in [-0.15, -0.1) is 0 Å². The monoisotopic (exact) mass is 1950 g/mol. The quantitative estimate of drug-likeness (QED) is 0.0107. The summed E-state index contributed by atoms with van der Waals surface area (Å²) in [6.07, 6.45) is -0.919. The van der Waals surface area contributed by atoms with Crippen LogP contribution in [0.5, 0.6) is 11.5 Å². The Balaban J connectivity index is 0.890. The molecule has 4 bridgehead atoms. The SMILES string of the molecule is CCCC(=O)N[C@H](Cc1ccccc1)C(=O)N[C@H]1CSSC[C@@H](C(=O)N[C@H](C(=O)NCCSSC(C)(C)CCC(=O)N(C)[C@@H](C)C(=O)O[C@H]2CC(=O)N(C)c3cc(cc(OC)c3Cl)C/C(C)=C/C=C/[C@@H](OC)[C@@]3(O)C[C@H](OC(=O)N3)[C@@H](C)C3O[C@]32C)[C@@H](C)O)NC(=O)[C@H]([C@@H](C)O)NC(=O)[C@H](CCCCN)NC(=O)[C@@H](Cc2c[nH]c3ccccc23)NC(=O)[C@H](Cc2ccc(O)cc2)NC1=O. The predicted octanol–water partition coefficient (Wildman–Crippen LogP) is 5.45. The first-order valence-electron chi connectivity index (χ1n) is 44.6. The number of ether oxygens (including phenoxy) is 5. The summed E-state index contributed by atoms with van der Waals surface area (Å²) in [5.41, 5.74) is 6.84. The van der Waals surface area contributed by atoms with E-state index in [4.69, 9.17) is 41.0 Å². The van der Waals surface area contributed by atoms with Gasteiger partial charge < -0.3 is 112 Å². The van der Waals surface area contributed by atoms with Crippen molar-refractivity contribution < 1.29 is 106 Å². The van der Waals surface area contributed by atoms with Crippen molar-refractivity contribution in [3.05, 3.63) is 148 Å². The molecule has 1 aromatic heterocycles. The lowest BCUT2D eigenvalue weighted by Gasteiger charge is -2.42. The minimum absolute atomic E-state index is 0.0196. The molecular formula is C93H127ClN14O22S4. The van der Waals surface area contributed by atoms with Crippen molar-refractivity contribution in [3.63, 3.8) is 0 Å². The molecule has 732 valence electrons. The molecule has 4 aromatic carbocycles. The Labute approximate surface area is 800 Å². The van der Waals surface area contributed by atoms with E-state index in [1.807, 2.05) is 32.9 Å². The maximum absolute atomic E-state index is 15.3. The minimum Gasteiger partial charge on any atom is -0.508 e. The number of carbonyl (C=O) groups is 13. The van der Waals surface area contributed by atoms with E-state index in [-0.39, 0.29) is 93.2 Å². The highest BCUT2D eigenvalue weighted by Gasteiger charge is 2.65. The highest BCUT2D eigenvalue weighted by molar-refractivity contribution is 8.77. The van der Waals surface area contributed by atoms with Crippen LogP contribution >= 0.6 is 54.8 Å². The van der Waals surface area contributed by atoms with Gasteiger partial charge in [0.1, 0.15) is 94.8 Å². The fourth-order valence-corrected chi connectivity index (χ4v) is 20.9. The summed E-state index contributed by atoms with van der Waals surface area (Å²) in [6.45, 7) is 15.0. The third kappa shape index (κ3) is 30.2. The van der Waals surface area contributed by atoms with Gasteiger partial charge >= 0.3 is 12.1 Å². The van der Waals surface area contributed by atoms with E-state index in [0.29, 0.717) is 58.3 Å². The number of nitrogens with two attached hydrogens (primary N) is 1. The Morgan fingerprint density at radius 1 is 0.821 bits per heavy atom. The molecule has 18 atom stereocenters. The molecule has 3 saturated heterocycles. The van der Waals surface area contributed by atoms with Gasteiger partial charge in [0, 0.05) is 111 Å². The second kappa shape index (κ2) is 50.1. The highest BCUT2D eigenvalue weighted by atomic mass is 35.5. The van der Waals surface area contributed by atoms with Crippen LogP contribution in [0.3, 0.4) is 0 Å². The van der Waals surface area contributed by atoms with E-state index in [0.717, 1.165) is 32.7 Å². The van der Waals surface area contributed by atoms with Crippen LogP contribution in [0.4, 0.5) is 10.5 Å². The van der Waals surface area contributed by atoms with Gasteiger partial charge in [-0.1, -0.05) is 153 Å². The molecule has 12 amide bonds. The van der Waals surface area contributed by atoms with Gasteiger partial charge in [0.25, 0.3) is 0 Å². The fraction of sp³-hybridized carbons (Fsp3) is 0.538. The number of fused-ring (bicyclic) bond motifs is 6. The van der Waals surface area contributed by atoms with Gasteiger partial charge in [0.2, 0.25) is 65.0 Å². The molecule has 0 spiro atoms. The van der Waals surface area contributed by atoms with Crippen molar-refractivity contribution in [1.29, 1.82) is 0 Å². The molecule has 4 aliphatic rings. The number of anilines is 1. The number of aliphatic hydroxyl groups is 3. The molecule has 3 fully saturated rings. The van der Waals surface area contributed by atoms with Crippen LogP contribution in [0.15, 0.2) is 121 Å². The number of methoxy groups -OCH3 is 2. The molecule has 9 rings (SSSR count). The Bertz CT molecular complexity index is 5020. The first kappa shape index (κ1) is 108. The third-order valence-electron chi connectivity index (χ3n) is 23.9. The summed E-state index contributed by atoms with van der Waals surface area (Å²) in [7, 11) is 10.4. The molecule has 17 N–H and O–H groups in total. The van der Waals surface area contributed by atoms with Crippen molar-refractivity contribution in [3.8, 4) is 11.5 Å². The number of esters is 1. The number of nitrogens with zero attached hydrogens (tertiary/aromatic N) is 2. The summed E-state index contributed by atoms with van der Waals surface area (Å²) in [4.78, 5) is 195. The number of para-hydroxylation sites is 1. The van der Waals surface area contributed by atoms with E-state index >= 15 is 14.4 Å². The van der Waals surface area contributed by atoms with Crippen LogP contribution in [-0.4, -0.2) is 273 Å². The zero-order valence-electron chi connectivity index (χ0n) is 77.6. The first-order valence-corrected chi connectivity index (χ1v) is 49.8. The number of benzene rings is 4. The summed E-state index contributed by atoms with van der Waals surface area (Å²) in [5, 5.41) is 72.7. The smallest absolute Gasteiger partial charge is 0.409 e. The normalized spacial score (nSPS) is 25.5. The molecule has 4 aliphatic heterocycles. The van der Waals surface area contributed by atoms with Gasteiger partial charge in [-0.3, -0.25) is 58.1 Å². The average Bonchev–Trinajstić information content (AvgIpc) is 1.57. The Morgan fingerprint density at radius 2 is 1.49 bits per heavy atom. The van der Waals surface area contributed by atoms with E-state index in [1.54, 1.807) is 99.8 Å². The Kier molecular flexibility index (Phi) is 40.2. The van der Waals surface area contributed by atoms with Gasteiger partial charge in [-0.25, -0.2) is 9.59 Å². The molecule has 5 heterocycles. The van der Waals surface area contributed by atoms with Crippen LogP contribution < -0.4 is 68.5 Å². The number of carbonyl (C=O) groups excluding carboxylic acids is 13. The zero-order valence-corrected chi connectivity index (χ0v) is 81.6. The van der Waals surface area contributed by atoms with Gasteiger partial charge in [0.05, 0.1) is 37.5 Å². The number of alkyl carbamates (subject to hydrolysis) is 1. The molecule has 41 heteroatoms. The van der Waals surface area contributed by atoms with Gasteiger partial charge in [0.15, 0.2) is 5.72 Å². The number of H-pyrrole nitrogens is 1. The zero-order chi connectivity index (χ0) is 98.1. The lowest BCUT2D eigenvalue weighted by molar-refractivity contribution is -0.162. The number of hydrogen-bond donors (Lipinski definition) is 16. The molecule has 36 nitrogen and oxygen atoms in total. The number of unbranched alkanes of at least 4 members (excludes halogenated alkanes) is 1. The summed E-state index contributed by atoms with van der Waals surface area (Å²) in [6, 6.07) is 11.5. The van der Waals surface area contributed by atoms with Crippen molar-refractivity contribution in [1.82, 2.24) is 63.1 Å². The number of aromatic nitrogens is 1. The first-order chi connectivity index (χ1) is 63.6. The number of halogens is 1. The number of amides is 12. The van der Waals surface area contributed by atoms with Crippen molar-refractivity contribution >= 4 is 148 Å². The van der Waals surface area contributed by atoms with E-state index in [1.165, 1.54) is 105 Å². The van der Waals surface area contributed by atoms with E-state index in [2.05, 4.69) is 58.2 Å². The summed E-state index contributed by atoms with van der Waals surface area (Å²) < 4.78 is 29.2. The molecule has 0 radical (unpaired) electrons. The second-order valence-corrected chi connectivity index (χ2v) is 41.0. The number of rotatable bonds is 33. The van der Waals surface area contributed by atoms with Crippen molar-refractivity contribution in [2.75, 3.05) is 63.6 Å². The van der Waals surface area contributed by atoms with Crippen LogP contribution in [0.1, 0.15) is 142 Å². The highest BCUT2D eigenvalue weighted by Crippen LogP contribution is 2.50. The number of phenolic OH excluding ortho intramolecular Hbond substituents is 1. The predicted molar refractivity (Wildman–Crippen MR) is 513 cm³/mol. The number of aromatic amines is 1. The van der Waals surface area contributed by atoms with Crippen LogP contribution in [0, 0.1) is 5.92 Å². The molecule has 0 saturated carbocycles. The molecule has 0 aliphatic carbocycles. The number of allylic oxidation sites excluding steroid dienone is 3. The maximum atomic E-state index is 15.3. The average molecular weight is 1960 g/mol.